The summed E-state index contributed by atoms with van der Waals surface area (Å²) in [5.74, 6) is 0.803. The van der Waals surface area contributed by atoms with Gasteiger partial charge in [-0.2, -0.15) is 4.31 Å². The first-order valence-corrected chi connectivity index (χ1v) is 8.58. The molecule has 5 nitrogen and oxygen atoms in total. The Morgan fingerprint density at radius 1 is 1.14 bits per heavy atom. The van der Waals surface area contributed by atoms with Crippen molar-refractivity contribution in [2.24, 2.45) is 5.92 Å². The zero-order chi connectivity index (χ0) is 16.0. The fourth-order valence-corrected chi connectivity index (χ4v) is 3.75. The Balaban J connectivity index is 2.99. The largest absolute Gasteiger partial charge is 0.491 e. The molecule has 0 aliphatic rings. The number of hydrogen-bond acceptors (Lipinski definition) is 4. The average Bonchev–Trinajstić information content (AvgIpc) is 2.42. The van der Waals surface area contributed by atoms with Gasteiger partial charge in [0.05, 0.1) is 11.5 Å². The molecule has 1 rings (SSSR count). The molecular weight excluding hydrogens is 290 g/mol. The molecule has 0 atom stereocenters. The standard InChI is InChI=1S/C15H25NO4S/c1-12(2)11-16(13(3)4)21(18,19)15-7-5-14(6-8-15)20-10-9-17/h5-8,12-13,17H,9-11H2,1-4H3. The van der Waals surface area contributed by atoms with Crippen molar-refractivity contribution in [1.29, 1.82) is 0 Å². The lowest BCUT2D eigenvalue weighted by molar-refractivity contribution is 0.201. The van der Waals surface area contributed by atoms with Crippen molar-refractivity contribution in [2.75, 3.05) is 19.8 Å². The fourth-order valence-electron chi connectivity index (χ4n) is 1.95. The molecule has 0 aliphatic heterocycles. The molecule has 0 fully saturated rings. The van der Waals surface area contributed by atoms with Crippen molar-refractivity contribution < 1.29 is 18.3 Å². The maximum Gasteiger partial charge on any atom is 0.243 e. The quantitative estimate of drug-likeness (QED) is 0.798. The second-order valence-corrected chi connectivity index (χ2v) is 7.50. The summed E-state index contributed by atoms with van der Waals surface area (Å²) in [6, 6.07) is 6.20. The van der Waals surface area contributed by atoms with Crippen molar-refractivity contribution in [3.05, 3.63) is 24.3 Å². The third-order valence-electron chi connectivity index (χ3n) is 2.91. The van der Waals surface area contributed by atoms with Crippen molar-refractivity contribution in [2.45, 2.75) is 38.6 Å². The predicted molar refractivity (Wildman–Crippen MR) is 82.9 cm³/mol. The second-order valence-electron chi connectivity index (χ2n) is 5.61. The van der Waals surface area contributed by atoms with E-state index >= 15 is 0 Å². The van der Waals surface area contributed by atoms with Gasteiger partial charge in [-0.1, -0.05) is 13.8 Å². The minimum absolute atomic E-state index is 0.0738. The number of nitrogens with zero attached hydrogens (tertiary/aromatic N) is 1. The van der Waals surface area contributed by atoms with Gasteiger partial charge in [-0.3, -0.25) is 0 Å². The summed E-state index contributed by atoms with van der Waals surface area (Å²) >= 11 is 0. The summed E-state index contributed by atoms with van der Waals surface area (Å²) in [6.07, 6.45) is 0. The van der Waals surface area contributed by atoms with Crippen molar-refractivity contribution >= 4 is 10.0 Å². The van der Waals surface area contributed by atoms with Crippen LogP contribution in [0.3, 0.4) is 0 Å². The van der Waals surface area contributed by atoms with Crippen molar-refractivity contribution in [1.82, 2.24) is 4.31 Å². The van der Waals surface area contributed by atoms with E-state index < -0.39 is 10.0 Å². The first kappa shape index (κ1) is 17.9. The van der Waals surface area contributed by atoms with E-state index in [4.69, 9.17) is 9.84 Å². The number of sulfonamides is 1. The lowest BCUT2D eigenvalue weighted by Gasteiger charge is -2.27. The molecule has 0 aliphatic carbocycles. The van der Waals surface area contributed by atoms with Gasteiger partial charge in [0.2, 0.25) is 10.0 Å². The summed E-state index contributed by atoms with van der Waals surface area (Å²) < 4.78 is 32.1. The maximum absolute atomic E-state index is 12.7. The maximum atomic E-state index is 12.7. The van der Waals surface area contributed by atoms with Crippen LogP contribution >= 0.6 is 0 Å². The number of hydrogen-bond donors (Lipinski definition) is 1. The number of benzene rings is 1. The van der Waals surface area contributed by atoms with Crippen LogP contribution in [0.15, 0.2) is 29.2 Å². The average molecular weight is 315 g/mol. The zero-order valence-corrected chi connectivity index (χ0v) is 13.9. The van der Waals surface area contributed by atoms with Crippen LogP contribution in [-0.2, 0) is 10.0 Å². The molecule has 0 bridgehead atoms. The molecule has 1 N–H and O–H groups in total. The summed E-state index contributed by atoms with van der Waals surface area (Å²) in [6.45, 7) is 8.35. The highest BCUT2D eigenvalue weighted by Crippen LogP contribution is 2.22. The van der Waals surface area contributed by atoms with Crippen LogP contribution in [0.2, 0.25) is 0 Å². The van der Waals surface area contributed by atoms with E-state index in [9.17, 15) is 8.42 Å². The van der Waals surface area contributed by atoms with Crippen LogP contribution in [0, 0.1) is 5.92 Å². The van der Waals surface area contributed by atoms with Crippen molar-refractivity contribution in [3.63, 3.8) is 0 Å². The third-order valence-corrected chi connectivity index (χ3v) is 4.97. The Kier molecular flexibility index (Phi) is 6.64. The molecule has 0 radical (unpaired) electrons. The summed E-state index contributed by atoms with van der Waals surface area (Å²) in [7, 11) is -3.50. The van der Waals surface area contributed by atoms with E-state index in [0.29, 0.717) is 12.3 Å². The molecule has 0 heterocycles. The van der Waals surface area contributed by atoms with Crippen LogP contribution in [0.5, 0.6) is 5.75 Å². The van der Waals surface area contributed by atoms with E-state index in [-0.39, 0.29) is 30.1 Å². The Bertz CT molecular complexity index is 523. The van der Waals surface area contributed by atoms with Gasteiger partial charge in [0, 0.05) is 12.6 Å². The van der Waals surface area contributed by atoms with E-state index in [0.717, 1.165) is 0 Å². The summed E-state index contributed by atoms with van der Waals surface area (Å²) in [5.41, 5.74) is 0. The molecule has 1 aromatic rings. The minimum Gasteiger partial charge on any atom is -0.491 e. The van der Waals surface area contributed by atoms with E-state index in [1.165, 1.54) is 16.4 Å². The third kappa shape index (κ3) is 4.98. The molecular formula is C15H25NO4S. The molecule has 0 saturated heterocycles. The Labute approximate surface area is 127 Å². The van der Waals surface area contributed by atoms with Crippen LogP contribution in [0.4, 0.5) is 0 Å². The van der Waals surface area contributed by atoms with Gasteiger partial charge in [0.1, 0.15) is 12.4 Å². The summed E-state index contributed by atoms with van der Waals surface area (Å²) in [4.78, 5) is 0.258. The van der Waals surface area contributed by atoms with E-state index in [1.807, 2.05) is 27.7 Å². The lowest BCUT2D eigenvalue weighted by atomic mass is 10.2. The van der Waals surface area contributed by atoms with Gasteiger partial charge in [-0.25, -0.2) is 8.42 Å². The number of ether oxygens (including phenoxy) is 1. The first-order chi connectivity index (χ1) is 9.78. The normalized spacial score (nSPS) is 12.4. The van der Waals surface area contributed by atoms with Gasteiger partial charge in [-0.05, 0) is 44.0 Å². The van der Waals surface area contributed by atoms with E-state index in [2.05, 4.69) is 0 Å². The first-order valence-electron chi connectivity index (χ1n) is 7.14. The van der Waals surface area contributed by atoms with Crippen molar-refractivity contribution in [3.8, 4) is 5.75 Å². The number of aliphatic hydroxyl groups excluding tert-OH is 1. The van der Waals surface area contributed by atoms with Gasteiger partial charge in [0.15, 0.2) is 0 Å². The Hall–Kier alpha value is -1.11. The Morgan fingerprint density at radius 3 is 2.14 bits per heavy atom. The molecule has 0 saturated carbocycles. The molecule has 0 unspecified atom stereocenters. The second kappa shape index (κ2) is 7.77. The molecule has 1 aromatic carbocycles. The van der Waals surface area contributed by atoms with Crippen LogP contribution in [0.25, 0.3) is 0 Å². The highest BCUT2D eigenvalue weighted by atomic mass is 32.2. The van der Waals surface area contributed by atoms with Gasteiger partial charge in [-0.15, -0.1) is 0 Å². The summed E-state index contributed by atoms with van der Waals surface area (Å²) in [5, 5.41) is 8.70. The van der Waals surface area contributed by atoms with Crippen LogP contribution in [-0.4, -0.2) is 43.6 Å². The highest BCUT2D eigenvalue weighted by Gasteiger charge is 2.27. The predicted octanol–water partition coefficient (Wildman–Crippen LogP) is 2.11. The zero-order valence-electron chi connectivity index (χ0n) is 13.1. The van der Waals surface area contributed by atoms with Crippen LogP contribution in [0.1, 0.15) is 27.7 Å². The van der Waals surface area contributed by atoms with Crippen LogP contribution < -0.4 is 4.74 Å². The molecule has 6 heteroatoms. The molecule has 0 aromatic heterocycles. The Morgan fingerprint density at radius 2 is 1.71 bits per heavy atom. The molecule has 120 valence electrons. The SMILES string of the molecule is CC(C)CN(C(C)C)S(=O)(=O)c1ccc(OCCO)cc1. The topological polar surface area (TPSA) is 66.8 Å². The smallest absolute Gasteiger partial charge is 0.243 e. The molecule has 0 amide bonds. The fraction of sp³-hybridized carbons (Fsp3) is 0.600. The van der Waals surface area contributed by atoms with Gasteiger partial charge < -0.3 is 9.84 Å². The highest BCUT2D eigenvalue weighted by molar-refractivity contribution is 7.89. The van der Waals surface area contributed by atoms with Gasteiger partial charge in [0.25, 0.3) is 0 Å². The number of aliphatic hydroxyl groups is 1. The monoisotopic (exact) mass is 315 g/mol. The molecule has 21 heavy (non-hydrogen) atoms. The van der Waals surface area contributed by atoms with Gasteiger partial charge >= 0.3 is 0 Å². The van der Waals surface area contributed by atoms with E-state index in [1.54, 1.807) is 12.1 Å². The number of rotatable bonds is 8. The lowest BCUT2D eigenvalue weighted by Crippen LogP contribution is -2.39. The minimum atomic E-state index is -3.50. The molecule has 0 spiro atoms.